The van der Waals surface area contributed by atoms with Crippen LogP contribution in [0.1, 0.15) is 16.1 Å². The number of aliphatic carboxylic acids is 1. The molecule has 0 aliphatic rings. The van der Waals surface area contributed by atoms with Gasteiger partial charge in [0.05, 0.1) is 0 Å². The van der Waals surface area contributed by atoms with E-state index in [0.717, 1.165) is 11.3 Å². The van der Waals surface area contributed by atoms with Crippen molar-refractivity contribution in [3.8, 4) is 0 Å². The number of carboxylic acids is 1. The Balaban J connectivity index is 2.24. The van der Waals surface area contributed by atoms with Gasteiger partial charge in [-0.3, -0.25) is 9.59 Å². The first-order valence-corrected chi connectivity index (χ1v) is 6.20. The minimum absolute atomic E-state index is 0.226. The third-order valence-corrected chi connectivity index (χ3v) is 3.08. The molecule has 0 saturated heterocycles. The van der Waals surface area contributed by atoms with E-state index in [2.05, 4.69) is 0 Å². The minimum Gasteiger partial charge on any atom is -0.480 e. The second kappa shape index (κ2) is 5.61. The summed E-state index contributed by atoms with van der Waals surface area (Å²) in [5, 5.41) is 8.83. The smallest absolute Gasteiger partial charge is 0.323 e. The van der Waals surface area contributed by atoms with E-state index in [0.29, 0.717) is 5.69 Å². The fraction of sp³-hybridized carbons (Fsp3) is 0.200. The number of carboxylic acid groups (broad SMARTS) is 1. The Labute approximate surface area is 117 Å². The van der Waals surface area contributed by atoms with Crippen molar-refractivity contribution in [1.82, 2.24) is 4.57 Å². The minimum atomic E-state index is -0.978. The van der Waals surface area contributed by atoms with Crippen LogP contribution in [0.2, 0.25) is 0 Å². The van der Waals surface area contributed by atoms with Crippen molar-refractivity contribution in [2.24, 2.45) is 0 Å². The third kappa shape index (κ3) is 2.88. The molecule has 2 rings (SSSR count). The average Bonchev–Trinajstić information content (AvgIpc) is 2.85. The maximum absolute atomic E-state index is 12.4. The SMILES string of the molecule is Cc1ccc(N(C)C(=O)c2cccn2CC(=O)O)cc1. The molecule has 1 amide bonds. The Hall–Kier alpha value is -2.56. The molecule has 20 heavy (non-hydrogen) atoms. The summed E-state index contributed by atoms with van der Waals surface area (Å²) in [6, 6.07) is 10.9. The zero-order valence-electron chi connectivity index (χ0n) is 11.4. The van der Waals surface area contributed by atoms with Crippen LogP contribution < -0.4 is 4.90 Å². The molecule has 5 heteroatoms. The van der Waals surface area contributed by atoms with E-state index in [1.54, 1.807) is 25.4 Å². The van der Waals surface area contributed by atoms with Crippen LogP contribution in [0.25, 0.3) is 0 Å². The van der Waals surface area contributed by atoms with Gasteiger partial charge in [0.25, 0.3) is 5.91 Å². The van der Waals surface area contributed by atoms with Crippen LogP contribution in [-0.2, 0) is 11.3 Å². The van der Waals surface area contributed by atoms with Crippen LogP contribution in [-0.4, -0.2) is 28.6 Å². The van der Waals surface area contributed by atoms with Gasteiger partial charge in [-0.1, -0.05) is 17.7 Å². The van der Waals surface area contributed by atoms with Crippen LogP contribution >= 0.6 is 0 Å². The molecular formula is C15H16N2O3. The standard InChI is InChI=1S/C15H16N2O3/c1-11-5-7-12(8-6-11)16(2)15(20)13-4-3-9-17(13)10-14(18)19/h3-9H,10H2,1-2H3,(H,18,19). The molecule has 0 radical (unpaired) electrons. The highest BCUT2D eigenvalue weighted by atomic mass is 16.4. The lowest BCUT2D eigenvalue weighted by molar-refractivity contribution is -0.137. The first-order chi connectivity index (χ1) is 9.49. The number of carbonyl (C=O) groups is 2. The van der Waals surface area contributed by atoms with Gasteiger partial charge >= 0.3 is 5.97 Å². The molecule has 1 N–H and O–H groups in total. The van der Waals surface area contributed by atoms with Gasteiger partial charge in [-0.2, -0.15) is 0 Å². The van der Waals surface area contributed by atoms with Crippen LogP contribution in [0.3, 0.4) is 0 Å². The van der Waals surface area contributed by atoms with E-state index in [1.165, 1.54) is 9.47 Å². The van der Waals surface area contributed by atoms with Gasteiger partial charge in [-0.15, -0.1) is 0 Å². The zero-order chi connectivity index (χ0) is 14.7. The highest BCUT2D eigenvalue weighted by Crippen LogP contribution is 2.16. The summed E-state index contributed by atoms with van der Waals surface area (Å²) < 4.78 is 1.43. The number of hydrogen-bond acceptors (Lipinski definition) is 2. The Morgan fingerprint density at radius 2 is 1.85 bits per heavy atom. The van der Waals surface area contributed by atoms with Gasteiger partial charge < -0.3 is 14.6 Å². The van der Waals surface area contributed by atoms with E-state index >= 15 is 0 Å². The summed E-state index contributed by atoms with van der Waals surface area (Å²) in [5.74, 6) is -1.21. The summed E-state index contributed by atoms with van der Waals surface area (Å²) in [4.78, 5) is 24.7. The number of amides is 1. The second-order valence-corrected chi connectivity index (χ2v) is 4.61. The summed E-state index contributed by atoms with van der Waals surface area (Å²) in [5.41, 5.74) is 2.24. The molecule has 0 bridgehead atoms. The molecule has 0 unspecified atom stereocenters. The molecule has 0 spiro atoms. The van der Waals surface area contributed by atoms with Crippen molar-refractivity contribution in [3.63, 3.8) is 0 Å². The molecule has 104 valence electrons. The van der Waals surface area contributed by atoms with Crippen molar-refractivity contribution in [3.05, 3.63) is 53.9 Å². The highest BCUT2D eigenvalue weighted by Gasteiger charge is 2.17. The monoisotopic (exact) mass is 272 g/mol. The van der Waals surface area contributed by atoms with E-state index in [1.807, 2.05) is 31.2 Å². The molecular weight excluding hydrogens is 256 g/mol. The molecule has 0 atom stereocenters. The molecule has 1 aromatic carbocycles. The average molecular weight is 272 g/mol. The predicted octanol–water partition coefficient (Wildman–Crippen LogP) is 2.16. The Morgan fingerprint density at radius 1 is 1.20 bits per heavy atom. The number of benzene rings is 1. The summed E-state index contributed by atoms with van der Waals surface area (Å²) in [6.07, 6.45) is 1.59. The number of hydrogen-bond donors (Lipinski definition) is 1. The van der Waals surface area contributed by atoms with E-state index in [9.17, 15) is 9.59 Å². The summed E-state index contributed by atoms with van der Waals surface area (Å²) in [7, 11) is 1.67. The number of aryl methyl sites for hydroxylation is 1. The van der Waals surface area contributed by atoms with Crippen molar-refractivity contribution < 1.29 is 14.7 Å². The van der Waals surface area contributed by atoms with E-state index < -0.39 is 5.97 Å². The summed E-state index contributed by atoms with van der Waals surface area (Å²) >= 11 is 0. The van der Waals surface area contributed by atoms with Crippen molar-refractivity contribution in [1.29, 1.82) is 0 Å². The largest absolute Gasteiger partial charge is 0.480 e. The molecule has 0 fully saturated rings. The van der Waals surface area contributed by atoms with Crippen molar-refractivity contribution >= 4 is 17.6 Å². The van der Waals surface area contributed by atoms with Gasteiger partial charge in [0, 0.05) is 18.9 Å². The number of carbonyl (C=O) groups excluding carboxylic acids is 1. The predicted molar refractivity (Wildman–Crippen MR) is 76.0 cm³/mol. The molecule has 0 aliphatic heterocycles. The van der Waals surface area contributed by atoms with Crippen molar-refractivity contribution in [2.75, 3.05) is 11.9 Å². The van der Waals surface area contributed by atoms with E-state index in [4.69, 9.17) is 5.11 Å². The Morgan fingerprint density at radius 3 is 2.45 bits per heavy atom. The third-order valence-electron chi connectivity index (χ3n) is 3.08. The van der Waals surface area contributed by atoms with Gasteiger partial charge in [-0.05, 0) is 31.2 Å². The van der Waals surface area contributed by atoms with Crippen LogP contribution in [0, 0.1) is 6.92 Å². The van der Waals surface area contributed by atoms with E-state index in [-0.39, 0.29) is 12.5 Å². The van der Waals surface area contributed by atoms with Gasteiger partial charge in [0.15, 0.2) is 0 Å². The fourth-order valence-corrected chi connectivity index (χ4v) is 1.95. The molecule has 5 nitrogen and oxygen atoms in total. The van der Waals surface area contributed by atoms with Gasteiger partial charge in [0.1, 0.15) is 12.2 Å². The lowest BCUT2D eigenvalue weighted by Crippen LogP contribution is -2.29. The van der Waals surface area contributed by atoms with Crippen LogP contribution in [0.15, 0.2) is 42.6 Å². The zero-order valence-corrected chi connectivity index (χ0v) is 11.4. The Bertz CT molecular complexity index is 629. The maximum Gasteiger partial charge on any atom is 0.323 e. The topological polar surface area (TPSA) is 62.5 Å². The number of rotatable bonds is 4. The van der Waals surface area contributed by atoms with Gasteiger partial charge in [-0.25, -0.2) is 0 Å². The second-order valence-electron chi connectivity index (χ2n) is 4.61. The molecule has 1 heterocycles. The quantitative estimate of drug-likeness (QED) is 0.927. The lowest BCUT2D eigenvalue weighted by atomic mass is 10.2. The van der Waals surface area contributed by atoms with Crippen LogP contribution in [0.5, 0.6) is 0 Å². The number of anilines is 1. The molecule has 1 aromatic heterocycles. The fourth-order valence-electron chi connectivity index (χ4n) is 1.95. The summed E-state index contributed by atoms with van der Waals surface area (Å²) in [6.45, 7) is 1.75. The van der Waals surface area contributed by atoms with Crippen LogP contribution in [0.4, 0.5) is 5.69 Å². The van der Waals surface area contributed by atoms with Crippen molar-refractivity contribution in [2.45, 2.75) is 13.5 Å². The lowest BCUT2D eigenvalue weighted by Gasteiger charge is -2.18. The first-order valence-electron chi connectivity index (χ1n) is 6.20. The Kier molecular flexibility index (Phi) is 3.89. The molecule has 0 aliphatic carbocycles. The highest BCUT2D eigenvalue weighted by molar-refractivity contribution is 6.04. The normalized spacial score (nSPS) is 10.3. The maximum atomic E-state index is 12.4. The molecule has 0 saturated carbocycles. The molecule has 2 aromatic rings. The number of nitrogens with zero attached hydrogens (tertiary/aromatic N) is 2. The number of aromatic nitrogens is 1. The van der Waals surface area contributed by atoms with Gasteiger partial charge in [0.2, 0.25) is 0 Å². The first kappa shape index (κ1) is 13.9.